The molecule has 1 N–H and O–H groups in total. The summed E-state index contributed by atoms with van der Waals surface area (Å²) in [7, 11) is 0. The van der Waals surface area contributed by atoms with Crippen LogP contribution < -0.4 is 0 Å². The molecule has 2 saturated carbocycles. The van der Waals surface area contributed by atoms with E-state index in [1.165, 1.54) is 61.3 Å². The van der Waals surface area contributed by atoms with E-state index in [1.54, 1.807) is 0 Å². The summed E-state index contributed by atoms with van der Waals surface area (Å²) in [5, 5.41) is 5.07. The molecule has 2 heteroatoms. The van der Waals surface area contributed by atoms with Crippen LogP contribution in [0.3, 0.4) is 0 Å². The molecule has 8 rings (SSSR count). The molecule has 35 heavy (non-hydrogen) atoms. The quantitative estimate of drug-likeness (QED) is 0.282. The van der Waals surface area contributed by atoms with E-state index in [4.69, 9.17) is 4.42 Å². The highest BCUT2D eigenvalue weighted by Crippen LogP contribution is 2.77. The number of aromatic nitrogens is 1. The van der Waals surface area contributed by atoms with Crippen LogP contribution in [0.15, 0.2) is 77.2 Å². The van der Waals surface area contributed by atoms with Crippen molar-refractivity contribution in [2.75, 3.05) is 0 Å². The lowest BCUT2D eigenvalue weighted by atomic mass is 9.85. The zero-order valence-corrected chi connectivity index (χ0v) is 20.5. The number of rotatable bonds is 4. The number of nitrogens with one attached hydrogen (secondary N) is 1. The number of fused-ring (bicyclic) bond motifs is 7. The summed E-state index contributed by atoms with van der Waals surface area (Å²) >= 11 is 0. The van der Waals surface area contributed by atoms with E-state index in [0.717, 1.165) is 29.4 Å². The highest BCUT2D eigenvalue weighted by Gasteiger charge is 2.74. The number of hydrogen-bond donors (Lipinski definition) is 1. The summed E-state index contributed by atoms with van der Waals surface area (Å²) in [6, 6.07) is 27.1. The van der Waals surface area contributed by atoms with Crippen molar-refractivity contribution in [1.82, 2.24) is 4.98 Å². The fourth-order valence-corrected chi connectivity index (χ4v) is 6.63. The number of furan rings is 1. The number of hydrogen-bond acceptors (Lipinski definition) is 1. The van der Waals surface area contributed by atoms with Crippen LogP contribution in [-0.2, 0) is 5.41 Å². The molecular formula is C33H29NO. The largest absolute Gasteiger partial charge is 0.455 e. The molecule has 6 aromatic rings. The molecule has 2 aliphatic rings. The molecule has 2 fully saturated rings. The zero-order chi connectivity index (χ0) is 23.5. The van der Waals surface area contributed by atoms with E-state index in [2.05, 4.69) is 98.6 Å². The van der Waals surface area contributed by atoms with E-state index in [0.29, 0.717) is 11.3 Å². The van der Waals surface area contributed by atoms with Gasteiger partial charge in [0.25, 0.3) is 0 Å². The lowest BCUT2D eigenvalue weighted by molar-refractivity contribution is 0.563. The Morgan fingerprint density at radius 2 is 1.71 bits per heavy atom. The first-order valence-corrected chi connectivity index (χ1v) is 13.1. The highest BCUT2D eigenvalue weighted by molar-refractivity contribution is 6.12. The van der Waals surface area contributed by atoms with Gasteiger partial charge < -0.3 is 9.40 Å². The smallest absolute Gasteiger partial charge is 0.143 e. The van der Waals surface area contributed by atoms with E-state index >= 15 is 0 Å². The van der Waals surface area contributed by atoms with Crippen LogP contribution in [0.1, 0.15) is 50.7 Å². The third kappa shape index (κ3) is 2.60. The van der Waals surface area contributed by atoms with Crippen molar-refractivity contribution in [2.24, 2.45) is 11.8 Å². The Kier molecular flexibility index (Phi) is 3.71. The maximum absolute atomic E-state index is 6.61. The topological polar surface area (TPSA) is 28.9 Å². The Bertz CT molecular complexity index is 1810. The molecule has 2 nitrogen and oxygen atoms in total. The normalized spacial score (nSPS) is 23.9. The summed E-state index contributed by atoms with van der Waals surface area (Å²) in [5.74, 6) is 2.29. The first-order chi connectivity index (χ1) is 17.1. The molecule has 0 saturated heterocycles. The second-order valence-corrected chi connectivity index (χ2v) is 11.2. The van der Waals surface area contributed by atoms with Crippen molar-refractivity contribution >= 4 is 43.7 Å². The average Bonchev–Trinajstić information content (AvgIpc) is 3.73. The van der Waals surface area contributed by atoms with Crippen molar-refractivity contribution < 1.29 is 4.42 Å². The van der Waals surface area contributed by atoms with E-state index < -0.39 is 0 Å². The molecule has 3 atom stereocenters. The average molecular weight is 456 g/mol. The second-order valence-electron chi connectivity index (χ2n) is 11.2. The first-order valence-electron chi connectivity index (χ1n) is 13.1. The summed E-state index contributed by atoms with van der Waals surface area (Å²) in [6.45, 7) is 7.04. The SMILES string of the molecule is CCC(C)c1ccc2oc3c(-c4ccc5[nH]c6ccccc6c5c4)cc(C4(C)C5CC54)cc3c2c1. The van der Waals surface area contributed by atoms with E-state index in [9.17, 15) is 0 Å². The summed E-state index contributed by atoms with van der Waals surface area (Å²) in [6.07, 6.45) is 2.54. The fraction of sp³-hybridized carbons (Fsp3) is 0.273. The molecule has 3 unspecified atom stereocenters. The monoisotopic (exact) mass is 455 g/mol. The number of H-pyrrole nitrogens is 1. The maximum atomic E-state index is 6.61. The summed E-state index contributed by atoms with van der Waals surface area (Å²) in [5.41, 5.74) is 10.0. The third-order valence-corrected chi connectivity index (χ3v) is 9.44. The number of benzene rings is 4. The van der Waals surface area contributed by atoms with Gasteiger partial charge in [-0.3, -0.25) is 0 Å². The van der Waals surface area contributed by atoms with Crippen LogP contribution >= 0.6 is 0 Å². The Balaban J connectivity index is 1.42. The Morgan fingerprint density at radius 3 is 2.51 bits per heavy atom. The van der Waals surface area contributed by atoms with Gasteiger partial charge >= 0.3 is 0 Å². The van der Waals surface area contributed by atoms with Gasteiger partial charge in [-0.05, 0) is 95.2 Å². The van der Waals surface area contributed by atoms with Crippen LogP contribution in [-0.4, -0.2) is 4.98 Å². The van der Waals surface area contributed by atoms with Gasteiger partial charge in [0.15, 0.2) is 0 Å². The molecular weight excluding hydrogens is 426 g/mol. The first kappa shape index (κ1) is 19.8. The van der Waals surface area contributed by atoms with Crippen LogP contribution in [0.2, 0.25) is 0 Å². The molecule has 0 radical (unpaired) electrons. The third-order valence-electron chi connectivity index (χ3n) is 9.44. The van der Waals surface area contributed by atoms with E-state index in [1.807, 2.05) is 0 Å². The summed E-state index contributed by atoms with van der Waals surface area (Å²) < 4.78 is 6.61. The van der Waals surface area contributed by atoms with Crippen molar-refractivity contribution in [3.8, 4) is 11.1 Å². The van der Waals surface area contributed by atoms with Gasteiger partial charge in [-0.1, -0.05) is 51.1 Å². The highest BCUT2D eigenvalue weighted by atomic mass is 16.3. The van der Waals surface area contributed by atoms with Crippen LogP contribution in [0, 0.1) is 11.8 Å². The van der Waals surface area contributed by atoms with Crippen LogP contribution in [0.25, 0.3) is 54.9 Å². The second kappa shape index (κ2) is 6.57. The zero-order valence-electron chi connectivity index (χ0n) is 20.5. The standard InChI is InChI=1S/C33H29NO/c1-4-18(2)19-10-12-31-25(13-19)26-16-21(33(3)27-17-28(27)33)15-23(32(26)35-31)20-9-11-30-24(14-20)22-7-5-6-8-29(22)34-30/h5-16,18,27-28,34H,4,17H2,1-3H3. The lowest BCUT2D eigenvalue weighted by Crippen LogP contribution is -2.11. The van der Waals surface area contributed by atoms with Crippen molar-refractivity contribution in [3.05, 3.63) is 83.9 Å². The van der Waals surface area contributed by atoms with Gasteiger partial charge in [-0.2, -0.15) is 0 Å². The molecule has 0 spiro atoms. The molecule has 2 heterocycles. The predicted octanol–water partition coefficient (Wildman–Crippen LogP) is 9.31. The molecule has 0 bridgehead atoms. The molecule has 2 aliphatic carbocycles. The number of aromatic amines is 1. The van der Waals surface area contributed by atoms with Crippen LogP contribution in [0.5, 0.6) is 0 Å². The Labute approximate surface area is 204 Å². The van der Waals surface area contributed by atoms with Gasteiger partial charge in [0, 0.05) is 38.1 Å². The van der Waals surface area contributed by atoms with Crippen molar-refractivity contribution in [1.29, 1.82) is 0 Å². The van der Waals surface area contributed by atoms with Gasteiger partial charge in [-0.15, -0.1) is 0 Å². The molecule has 0 amide bonds. The molecule has 0 aliphatic heterocycles. The minimum atomic E-state index is 0.339. The Hall–Kier alpha value is -3.52. The molecule has 4 aromatic carbocycles. The van der Waals surface area contributed by atoms with Gasteiger partial charge in [0.2, 0.25) is 0 Å². The molecule has 172 valence electrons. The lowest BCUT2D eigenvalue weighted by Gasteiger charge is -2.19. The maximum Gasteiger partial charge on any atom is 0.143 e. The molecule has 2 aromatic heterocycles. The fourth-order valence-electron chi connectivity index (χ4n) is 6.63. The minimum absolute atomic E-state index is 0.339. The van der Waals surface area contributed by atoms with Gasteiger partial charge in [0.05, 0.1) is 0 Å². The van der Waals surface area contributed by atoms with Crippen LogP contribution in [0.4, 0.5) is 0 Å². The minimum Gasteiger partial charge on any atom is -0.455 e. The van der Waals surface area contributed by atoms with Crippen molar-refractivity contribution in [3.63, 3.8) is 0 Å². The van der Waals surface area contributed by atoms with E-state index in [-0.39, 0.29) is 0 Å². The van der Waals surface area contributed by atoms with Gasteiger partial charge in [-0.25, -0.2) is 0 Å². The number of para-hydroxylation sites is 1. The predicted molar refractivity (Wildman–Crippen MR) is 146 cm³/mol. The van der Waals surface area contributed by atoms with Crippen molar-refractivity contribution in [2.45, 2.75) is 44.9 Å². The Morgan fingerprint density at radius 1 is 0.886 bits per heavy atom. The summed E-state index contributed by atoms with van der Waals surface area (Å²) in [4.78, 5) is 3.57. The van der Waals surface area contributed by atoms with Gasteiger partial charge in [0.1, 0.15) is 11.2 Å².